The summed E-state index contributed by atoms with van der Waals surface area (Å²) in [5.74, 6) is 0.516. The smallest absolute Gasteiger partial charge is 0.123 e. The van der Waals surface area contributed by atoms with Crippen LogP contribution in [0.25, 0.3) is 0 Å². The fourth-order valence-electron chi connectivity index (χ4n) is 2.02. The van der Waals surface area contributed by atoms with Gasteiger partial charge in [0, 0.05) is 6.42 Å². The number of hydrogen-bond acceptors (Lipinski definition) is 3. The van der Waals surface area contributed by atoms with Crippen molar-refractivity contribution in [2.24, 2.45) is 5.16 Å². The van der Waals surface area contributed by atoms with Crippen molar-refractivity contribution in [3.63, 3.8) is 0 Å². The van der Waals surface area contributed by atoms with Gasteiger partial charge in [0.25, 0.3) is 0 Å². The van der Waals surface area contributed by atoms with E-state index in [4.69, 9.17) is 9.94 Å². The molecule has 2 rings (SSSR count). The average molecular weight is 287 g/mol. The van der Waals surface area contributed by atoms with Crippen LogP contribution in [0.1, 0.15) is 23.6 Å². The second-order valence-electron chi connectivity index (χ2n) is 5.02. The lowest BCUT2D eigenvalue weighted by Gasteiger charge is -2.09. The van der Waals surface area contributed by atoms with Gasteiger partial charge in [0.1, 0.15) is 18.2 Å². The third-order valence-electron chi connectivity index (χ3n) is 3.25. The van der Waals surface area contributed by atoms with Gasteiger partial charge in [0.05, 0.1) is 5.71 Å². The second kappa shape index (κ2) is 6.88. The minimum absolute atomic E-state index is 0.235. The summed E-state index contributed by atoms with van der Waals surface area (Å²) in [6.07, 6.45) is 0.605. The predicted molar refractivity (Wildman–Crippen MR) is 80.5 cm³/mol. The highest BCUT2D eigenvalue weighted by molar-refractivity contribution is 5.83. The summed E-state index contributed by atoms with van der Waals surface area (Å²) in [5, 5.41) is 11.8. The highest BCUT2D eigenvalue weighted by Crippen LogP contribution is 2.17. The molecule has 2 aromatic carbocycles. The molecule has 0 fully saturated rings. The molecule has 0 aliphatic heterocycles. The maximum Gasteiger partial charge on any atom is 0.123 e. The molecule has 0 saturated heterocycles. The molecule has 0 aromatic heterocycles. The van der Waals surface area contributed by atoms with E-state index in [0.717, 1.165) is 22.4 Å². The Labute approximate surface area is 123 Å². The van der Waals surface area contributed by atoms with Gasteiger partial charge < -0.3 is 9.94 Å². The van der Waals surface area contributed by atoms with Gasteiger partial charge >= 0.3 is 0 Å². The molecule has 2 aromatic rings. The predicted octanol–water partition coefficient (Wildman–Crippen LogP) is 4.11. The van der Waals surface area contributed by atoms with Gasteiger partial charge in [-0.05, 0) is 54.8 Å². The number of rotatable bonds is 5. The number of nitrogens with zero attached hydrogens (tertiary/aromatic N) is 1. The Bertz CT molecular complexity index is 636. The van der Waals surface area contributed by atoms with Gasteiger partial charge in [-0.1, -0.05) is 23.4 Å². The van der Waals surface area contributed by atoms with Crippen molar-refractivity contribution >= 4 is 5.71 Å². The Kier molecular flexibility index (Phi) is 4.93. The van der Waals surface area contributed by atoms with Crippen LogP contribution in [-0.4, -0.2) is 10.9 Å². The van der Waals surface area contributed by atoms with Crippen LogP contribution in [0, 0.1) is 12.7 Å². The fourth-order valence-corrected chi connectivity index (χ4v) is 2.02. The zero-order chi connectivity index (χ0) is 15.2. The van der Waals surface area contributed by atoms with E-state index >= 15 is 0 Å². The highest BCUT2D eigenvalue weighted by atomic mass is 19.1. The van der Waals surface area contributed by atoms with E-state index in [9.17, 15) is 4.39 Å². The van der Waals surface area contributed by atoms with E-state index in [0.29, 0.717) is 18.7 Å². The molecule has 0 aliphatic rings. The van der Waals surface area contributed by atoms with Crippen molar-refractivity contribution in [2.45, 2.75) is 26.9 Å². The Morgan fingerprint density at radius 2 is 1.90 bits per heavy atom. The third kappa shape index (κ3) is 4.31. The first-order chi connectivity index (χ1) is 10.1. The number of ether oxygens (including phenoxy) is 1. The molecule has 0 radical (unpaired) electrons. The lowest BCUT2D eigenvalue weighted by molar-refractivity contribution is 0.305. The average Bonchev–Trinajstić information content (AvgIpc) is 2.48. The standard InChI is InChI=1S/C17H18FNO2/c1-12-9-16(18)6-5-15(12)11-21-17-7-3-14(4-8-17)10-13(2)19-20/h3-9,20H,10-11H2,1-2H3/b19-13-. The molecular weight excluding hydrogens is 269 g/mol. The number of oxime groups is 1. The second-order valence-corrected chi connectivity index (χ2v) is 5.02. The summed E-state index contributed by atoms with van der Waals surface area (Å²) in [5.41, 5.74) is 3.55. The SMILES string of the molecule is C/C(Cc1ccc(OCc2ccc(F)cc2C)cc1)=N/O. The first-order valence-electron chi connectivity index (χ1n) is 6.73. The summed E-state index contributed by atoms with van der Waals surface area (Å²) in [6.45, 7) is 4.03. The zero-order valence-electron chi connectivity index (χ0n) is 12.1. The minimum Gasteiger partial charge on any atom is -0.489 e. The largest absolute Gasteiger partial charge is 0.489 e. The summed E-state index contributed by atoms with van der Waals surface area (Å²) >= 11 is 0. The molecule has 110 valence electrons. The van der Waals surface area contributed by atoms with E-state index in [-0.39, 0.29) is 5.82 Å². The molecule has 21 heavy (non-hydrogen) atoms. The summed E-state index contributed by atoms with van der Waals surface area (Å²) in [4.78, 5) is 0. The van der Waals surface area contributed by atoms with Crippen LogP contribution < -0.4 is 4.74 Å². The normalized spacial score (nSPS) is 11.5. The van der Waals surface area contributed by atoms with E-state index in [1.807, 2.05) is 31.2 Å². The van der Waals surface area contributed by atoms with Gasteiger partial charge in [-0.3, -0.25) is 0 Å². The maximum absolute atomic E-state index is 13.0. The zero-order valence-corrected chi connectivity index (χ0v) is 12.1. The molecule has 0 aliphatic carbocycles. The van der Waals surface area contributed by atoms with E-state index in [2.05, 4.69) is 5.16 Å². The quantitative estimate of drug-likeness (QED) is 0.511. The van der Waals surface area contributed by atoms with Crippen molar-refractivity contribution in [1.82, 2.24) is 0 Å². The first-order valence-corrected chi connectivity index (χ1v) is 6.73. The summed E-state index contributed by atoms with van der Waals surface area (Å²) < 4.78 is 18.7. The molecule has 4 heteroatoms. The van der Waals surface area contributed by atoms with Gasteiger partial charge in [-0.25, -0.2) is 4.39 Å². The summed E-state index contributed by atoms with van der Waals surface area (Å²) in [7, 11) is 0. The van der Waals surface area contributed by atoms with E-state index < -0.39 is 0 Å². The Balaban J connectivity index is 1.97. The van der Waals surface area contributed by atoms with Gasteiger partial charge in [-0.15, -0.1) is 0 Å². The fraction of sp³-hybridized carbons (Fsp3) is 0.235. The Hall–Kier alpha value is -2.36. The first kappa shape index (κ1) is 15.0. The molecule has 0 heterocycles. The van der Waals surface area contributed by atoms with Crippen LogP contribution >= 0.6 is 0 Å². The molecule has 1 N–H and O–H groups in total. The maximum atomic E-state index is 13.0. The van der Waals surface area contributed by atoms with Crippen LogP contribution in [0.3, 0.4) is 0 Å². The summed E-state index contributed by atoms with van der Waals surface area (Å²) in [6, 6.07) is 12.3. The van der Waals surface area contributed by atoms with Crippen LogP contribution in [0.15, 0.2) is 47.6 Å². The monoisotopic (exact) mass is 287 g/mol. The Morgan fingerprint density at radius 1 is 1.19 bits per heavy atom. The molecular formula is C17H18FNO2. The molecule has 0 saturated carbocycles. The molecule has 0 spiro atoms. The topological polar surface area (TPSA) is 41.8 Å². The lowest BCUT2D eigenvalue weighted by Crippen LogP contribution is -2.00. The van der Waals surface area contributed by atoms with Crippen LogP contribution in [-0.2, 0) is 13.0 Å². The van der Waals surface area contributed by atoms with Crippen molar-refractivity contribution in [1.29, 1.82) is 0 Å². The Morgan fingerprint density at radius 3 is 2.52 bits per heavy atom. The van der Waals surface area contributed by atoms with Crippen molar-refractivity contribution in [3.05, 3.63) is 65.0 Å². The third-order valence-corrected chi connectivity index (χ3v) is 3.25. The number of hydrogen-bond donors (Lipinski definition) is 1. The van der Waals surface area contributed by atoms with Gasteiger partial charge in [0.15, 0.2) is 0 Å². The number of benzene rings is 2. The molecule has 0 amide bonds. The van der Waals surface area contributed by atoms with Crippen molar-refractivity contribution < 1.29 is 14.3 Å². The van der Waals surface area contributed by atoms with E-state index in [1.165, 1.54) is 12.1 Å². The number of halogens is 1. The molecule has 0 unspecified atom stereocenters. The van der Waals surface area contributed by atoms with Crippen molar-refractivity contribution in [2.75, 3.05) is 0 Å². The molecule has 0 bridgehead atoms. The number of aryl methyl sites for hydroxylation is 1. The van der Waals surface area contributed by atoms with E-state index in [1.54, 1.807) is 13.0 Å². The van der Waals surface area contributed by atoms with Crippen LogP contribution in [0.4, 0.5) is 4.39 Å². The molecule has 0 atom stereocenters. The van der Waals surface area contributed by atoms with Crippen LogP contribution in [0.2, 0.25) is 0 Å². The molecule has 3 nitrogen and oxygen atoms in total. The minimum atomic E-state index is -0.235. The van der Waals surface area contributed by atoms with Crippen LogP contribution in [0.5, 0.6) is 5.75 Å². The highest BCUT2D eigenvalue weighted by Gasteiger charge is 2.02. The lowest BCUT2D eigenvalue weighted by atomic mass is 10.1. The van der Waals surface area contributed by atoms with Gasteiger partial charge in [0.2, 0.25) is 0 Å². The van der Waals surface area contributed by atoms with Gasteiger partial charge in [-0.2, -0.15) is 0 Å². The van der Waals surface area contributed by atoms with Crippen molar-refractivity contribution in [3.8, 4) is 5.75 Å².